The van der Waals surface area contributed by atoms with Crippen LogP contribution in [0.5, 0.6) is 0 Å². The molecule has 0 atom stereocenters. The van der Waals surface area contributed by atoms with Crippen LogP contribution in [-0.4, -0.2) is 36.4 Å². The van der Waals surface area contributed by atoms with Crippen molar-refractivity contribution in [2.45, 2.75) is 59.5 Å². The average Bonchev–Trinajstić information content (AvgIpc) is 2.19. The van der Waals surface area contributed by atoms with Crippen molar-refractivity contribution in [1.29, 1.82) is 0 Å². The molecule has 0 unspecified atom stereocenters. The van der Waals surface area contributed by atoms with Gasteiger partial charge in [0.05, 0.1) is 12.2 Å². The Balaban J connectivity index is 3.55. The molecule has 2 N–H and O–H groups in total. The van der Waals surface area contributed by atoms with Crippen LogP contribution < -0.4 is 5.32 Å². The van der Waals surface area contributed by atoms with Gasteiger partial charge >= 0.3 is 5.97 Å². The predicted octanol–water partition coefficient (Wildman–Crippen LogP) is 2.67. The average molecular weight is 259 g/mol. The molecule has 0 fully saturated rings. The maximum atomic E-state index is 10.5. The summed E-state index contributed by atoms with van der Waals surface area (Å²) in [6.45, 7) is 12.8. The Morgan fingerprint density at radius 2 is 1.72 bits per heavy atom. The molecule has 0 radical (unpaired) electrons. The Morgan fingerprint density at radius 1 is 1.11 bits per heavy atom. The van der Waals surface area contributed by atoms with Crippen LogP contribution >= 0.6 is 0 Å². The van der Waals surface area contributed by atoms with E-state index in [1.54, 1.807) is 0 Å². The summed E-state index contributed by atoms with van der Waals surface area (Å²) in [4.78, 5) is 10.5. The van der Waals surface area contributed by atoms with Crippen molar-refractivity contribution in [2.75, 3.05) is 19.7 Å². The third-order valence-electron chi connectivity index (χ3n) is 2.81. The van der Waals surface area contributed by atoms with Crippen LogP contribution in [0.4, 0.5) is 0 Å². The van der Waals surface area contributed by atoms with Crippen molar-refractivity contribution in [3.8, 4) is 0 Å². The molecule has 0 aliphatic heterocycles. The van der Waals surface area contributed by atoms with Gasteiger partial charge in [-0.2, -0.15) is 0 Å². The smallest absolute Gasteiger partial charge is 0.303 e. The highest BCUT2D eigenvalue weighted by atomic mass is 16.5. The van der Waals surface area contributed by atoms with Crippen LogP contribution in [0.3, 0.4) is 0 Å². The first kappa shape index (κ1) is 17.4. The Hall–Kier alpha value is -0.610. The number of nitrogens with one attached hydrogen (secondary N) is 1. The molecular weight excluding hydrogens is 230 g/mol. The summed E-state index contributed by atoms with van der Waals surface area (Å²) < 4.78 is 5.60. The van der Waals surface area contributed by atoms with Gasteiger partial charge in [-0.25, -0.2) is 0 Å². The summed E-state index contributed by atoms with van der Waals surface area (Å²) in [5.74, 6) is -0.713. The Kier molecular flexibility index (Phi) is 7.48. The van der Waals surface area contributed by atoms with Gasteiger partial charge in [-0.1, -0.05) is 13.8 Å². The molecule has 0 aromatic heterocycles. The number of rotatable bonds is 9. The van der Waals surface area contributed by atoms with Crippen molar-refractivity contribution < 1.29 is 14.6 Å². The minimum absolute atomic E-state index is 0.0796. The van der Waals surface area contributed by atoms with Gasteiger partial charge in [0.15, 0.2) is 0 Å². The monoisotopic (exact) mass is 259 g/mol. The van der Waals surface area contributed by atoms with Crippen LogP contribution in [-0.2, 0) is 9.53 Å². The fourth-order valence-electron chi connectivity index (χ4n) is 1.55. The summed E-state index contributed by atoms with van der Waals surface area (Å²) in [6, 6.07) is 0. The normalized spacial score (nSPS) is 12.7. The molecule has 4 nitrogen and oxygen atoms in total. The Bertz CT molecular complexity index is 244. The minimum atomic E-state index is -0.713. The SMILES string of the molecule is CC(C)(CCNCCOC(C)(C)C)CCC(=O)O. The maximum absolute atomic E-state index is 10.5. The van der Waals surface area contributed by atoms with Crippen LogP contribution in [0, 0.1) is 5.41 Å². The van der Waals surface area contributed by atoms with E-state index in [9.17, 15) is 4.79 Å². The maximum Gasteiger partial charge on any atom is 0.303 e. The van der Waals surface area contributed by atoms with Gasteiger partial charge in [-0.05, 0) is 45.6 Å². The third-order valence-corrected chi connectivity index (χ3v) is 2.81. The first-order valence-electron chi connectivity index (χ1n) is 6.69. The fourth-order valence-corrected chi connectivity index (χ4v) is 1.55. The molecule has 108 valence electrons. The van der Waals surface area contributed by atoms with Crippen LogP contribution in [0.25, 0.3) is 0 Å². The zero-order chi connectivity index (χ0) is 14.2. The van der Waals surface area contributed by atoms with Gasteiger partial charge in [0.25, 0.3) is 0 Å². The highest BCUT2D eigenvalue weighted by molar-refractivity contribution is 5.66. The second-order valence-electron chi connectivity index (χ2n) is 6.52. The van der Waals surface area contributed by atoms with Crippen molar-refractivity contribution in [1.82, 2.24) is 5.32 Å². The molecular formula is C14H29NO3. The second-order valence-corrected chi connectivity index (χ2v) is 6.52. The lowest BCUT2D eigenvalue weighted by Crippen LogP contribution is -2.29. The lowest BCUT2D eigenvalue weighted by atomic mass is 9.84. The van der Waals surface area contributed by atoms with E-state index < -0.39 is 5.97 Å². The molecule has 0 aliphatic carbocycles. The molecule has 0 spiro atoms. The van der Waals surface area contributed by atoms with E-state index in [4.69, 9.17) is 9.84 Å². The molecule has 0 rings (SSSR count). The number of hydrogen-bond acceptors (Lipinski definition) is 3. The van der Waals surface area contributed by atoms with E-state index in [0.29, 0.717) is 6.61 Å². The lowest BCUT2D eigenvalue weighted by molar-refractivity contribution is -0.137. The molecule has 0 aliphatic rings. The standard InChI is InChI=1S/C14H29NO3/c1-13(2,3)18-11-10-15-9-8-14(4,5)7-6-12(16)17/h15H,6-11H2,1-5H3,(H,16,17). The van der Waals surface area contributed by atoms with Crippen LogP contribution in [0.2, 0.25) is 0 Å². The highest BCUT2D eigenvalue weighted by Gasteiger charge is 2.18. The Morgan fingerprint density at radius 3 is 2.22 bits per heavy atom. The molecule has 0 aromatic rings. The summed E-state index contributed by atoms with van der Waals surface area (Å²) in [5.41, 5.74) is -0.00128. The number of aliphatic carboxylic acids is 1. The first-order valence-corrected chi connectivity index (χ1v) is 6.69. The summed E-state index contributed by atoms with van der Waals surface area (Å²) in [7, 11) is 0. The largest absolute Gasteiger partial charge is 0.481 e. The van der Waals surface area contributed by atoms with E-state index in [1.807, 2.05) is 20.8 Å². The van der Waals surface area contributed by atoms with Gasteiger partial charge in [-0.15, -0.1) is 0 Å². The van der Waals surface area contributed by atoms with E-state index >= 15 is 0 Å². The van der Waals surface area contributed by atoms with Gasteiger partial charge < -0.3 is 15.2 Å². The first-order chi connectivity index (χ1) is 8.12. The van der Waals surface area contributed by atoms with E-state index in [0.717, 1.165) is 25.9 Å². The van der Waals surface area contributed by atoms with E-state index in [1.165, 1.54) is 0 Å². The zero-order valence-corrected chi connectivity index (χ0v) is 12.5. The minimum Gasteiger partial charge on any atom is -0.481 e. The van der Waals surface area contributed by atoms with Crippen LogP contribution in [0.15, 0.2) is 0 Å². The van der Waals surface area contributed by atoms with Gasteiger partial charge in [0.2, 0.25) is 0 Å². The molecule has 0 heterocycles. The zero-order valence-electron chi connectivity index (χ0n) is 12.5. The molecule has 4 heteroatoms. The third kappa shape index (κ3) is 11.9. The number of carboxylic acid groups (broad SMARTS) is 1. The van der Waals surface area contributed by atoms with Crippen molar-refractivity contribution in [3.05, 3.63) is 0 Å². The Labute approximate surface area is 111 Å². The summed E-state index contributed by atoms with van der Waals surface area (Å²) in [6.07, 6.45) is 1.96. The number of carbonyl (C=O) groups is 1. The molecule has 0 saturated carbocycles. The summed E-state index contributed by atoms with van der Waals surface area (Å²) in [5, 5.41) is 12.0. The highest BCUT2D eigenvalue weighted by Crippen LogP contribution is 2.25. The van der Waals surface area contributed by atoms with Crippen molar-refractivity contribution in [3.63, 3.8) is 0 Å². The number of carboxylic acids is 1. The lowest BCUT2D eigenvalue weighted by Gasteiger charge is -2.24. The topological polar surface area (TPSA) is 58.6 Å². The number of hydrogen-bond donors (Lipinski definition) is 2. The molecule has 0 bridgehead atoms. The molecule has 0 amide bonds. The van der Waals surface area contributed by atoms with Gasteiger partial charge in [0, 0.05) is 13.0 Å². The molecule has 18 heavy (non-hydrogen) atoms. The molecule has 0 aromatic carbocycles. The number of ether oxygens (including phenoxy) is 1. The fraction of sp³-hybridized carbons (Fsp3) is 0.929. The van der Waals surface area contributed by atoms with Gasteiger partial charge in [0.1, 0.15) is 0 Å². The summed E-state index contributed by atoms with van der Waals surface area (Å²) >= 11 is 0. The van der Waals surface area contributed by atoms with E-state index in [-0.39, 0.29) is 17.4 Å². The van der Waals surface area contributed by atoms with Gasteiger partial charge in [-0.3, -0.25) is 4.79 Å². The van der Waals surface area contributed by atoms with Crippen molar-refractivity contribution >= 4 is 5.97 Å². The predicted molar refractivity (Wildman–Crippen MR) is 73.8 cm³/mol. The quantitative estimate of drug-likeness (QED) is 0.625. The molecule has 0 saturated heterocycles. The van der Waals surface area contributed by atoms with E-state index in [2.05, 4.69) is 19.2 Å². The van der Waals surface area contributed by atoms with Crippen LogP contribution in [0.1, 0.15) is 53.9 Å². The van der Waals surface area contributed by atoms with Crippen molar-refractivity contribution in [2.24, 2.45) is 5.41 Å². The second kappa shape index (κ2) is 7.74.